The average molecular weight is 375 g/mol. The number of nitrogens with zero attached hydrogens (tertiary/aromatic N) is 2. The van der Waals surface area contributed by atoms with Gasteiger partial charge in [-0.25, -0.2) is 4.79 Å². The van der Waals surface area contributed by atoms with Gasteiger partial charge in [0.1, 0.15) is 5.00 Å². The largest absolute Gasteiger partial charge is 0.462 e. The van der Waals surface area contributed by atoms with Crippen LogP contribution in [0.2, 0.25) is 0 Å². The molecular formula is C19H25N3O3S. The number of carbonyl (C=O) groups is 2. The van der Waals surface area contributed by atoms with Crippen LogP contribution in [0, 0.1) is 0 Å². The number of aryl methyl sites for hydroxylation is 1. The summed E-state index contributed by atoms with van der Waals surface area (Å²) < 4.78 is 7.34. The van der Waals surface area contributed by atoms with Crippen molar-refractivity contribution in [2.45, 2.75) is 39.8 Å². The van der Waals surface area contributed by atoms with E-state index in [1.807, 2.05) is 19.1 Å². The van der Waals surface area contributed by atoms with Crippen molar-refractivity contribution >= 4 is 28.2 Å². The van der Waals surface area contributed by atoms with Gasteiger partial charge in [0.2, 0.25) is 5.91 Å². The summed E-state index contributed by atoms with van der Waals surface area (Å²) in [6.07, 6.45) is 2.89. The Morgan fingerprint density at radius 1 is 1.35 bits per heavy atom. The third-order valence-corrected chi connectivity index (χ3v) is 5.89. The maximum absolute atomic E-state index is 12.6. The normalized spacial score (nSPS) is 17.0. The molecule has 0 aliphatic carbocycles. The number of fused-ring (bicyclic) bond motifs is 1. The minimum absolute atomic E-state index is 0.105. The van der Waals surface area contributed by atoms with Crippen molar-refractivity contribution in [3.63, 3.8) is 0 Å². The standard InChI is InChI=1S/C19H25N3O3S/c1-4-14-11-15(19(24)25-5-2)18(26-14)20-17(23)12-22-10-9-21-8-6-7-16(21)13(22)3/h6-8,11,13H,4-5,9-10,12H2,1-3H3,(H,20,23)/t13-/m0/s1. The van der Waals surface area contributed by atoms with Gasteiger partial charge in [0.25, 0.3) is 0 Å². The van der Waals surface area contributed by atoms with Crippen LogP contribution < -0.4 is 5.32 Å². The van der Waals surface area contributed by atoms with E-state index >= 15 is 0 Å². The van der Waals surface area contributed by atoms with E-state index in [0.717, 1.165) is 24.4 Å². The second-order valence-corrected chi connectivity index (χ2v) is 7.49. The molecule has 0 saturated carbocycles. The predicted octanol–water partition coefficient (Wildman–Crippen LogP) is 3.30. The van der Waals surface area contributed by atoms with Crippen molar-refractivity contribution in [2.24, 2.45) is 0 Å². The van der Waals surface area contributed by atoms with Gasteiger partial charge in [0.05, 0.1) is 18.7 Å². The summed E-state index contributed by atoms with van der Waals surface area (Å²) in [6.45, 7) is 8.23. The molecule has 0 bridgehead atoms. The van der Waals surface area contributed by atoms with Crippen LogP contribution in [-0.2, 0) is 22.5 Å². The van der Waals surface area contributed by atoms with Crippen molar-refractivity contribution in [2.75, 3.05) is 25.0 Å². The summed E-state index contributed by atoms with van der Waals surface area (Å²) in [5, 5.41) is 3.50. The molecule has 2 aromatic heterocycles. The topological polar surface area (TPSA) is 63.6 Å². The molecule has 140 valence electrons. The van der Waals surface area contributed by atoms with Crippen LogP contribution >= 0.6 is 11.3 Å². The van der Waals surface area contributed by atoms with Gasteiger partial charge in [0.15, 0.2) is 0 Å². The Balaban J connectivity index is 1.69. The highest BCUT2D eigenvalue weighted by molar-refractivity contribution is 7.16. The highest BCUT2D eigenvalue weighted by atomic mass is 32.1. The molecular weight excluding hydrogens is 350 g/mol. The quantitative estimate of drug-likeness (QED) is 0.787. The molecule has 0 aromatic carbocycles. The monoisotopic (exact) mass is 375 g/mol. The SMILES string of the molecule is CCOC(=O)c1cc(CC)sc1NC(=O)CN1CCn2cccc2[C@@H]1C. The molecule has 1 aliphatic heterocycles. The number of ether oxygens (including phenoxy) is 1. The van der Waals surface area contributed by atoms with E-state index in [4.69, 9.17) is 4.74 Å². The zero-order valence-corrected chi connectivity index (χ0v) is 16.3. The van der Waals surface area contributed by atoms with Crippen molar-refractivity contribution in [3.8, 4) is 0 Å². The molecule has 0 spiro atoms. The lowest BCUT2D eigenvalue weighted by atomic mass is 10.1. The number of carbonyl (C=O) groups excluding carboxylic acids is 2. The molecule has 7 heteroatoms. The fourth-order valence-electron chi connectivity index (χ4n) is 3.26. The maximum atomic E-state index is 12.6. The second-order valence-electron chi connectivity index (χ2n) is 6.35. The number of rotatable bonds is 6. The van der Waals surface area contributed by atoms with Crippen LogP contribution in [0.4, 0.5) is 5.00 Å². The first kappa shape index (κ1) is 18.7. The molecule has 0 radical (unpaired) electrons. The van der Waals surface area contributed by atoms with Gasteiger partial charge >= 0.3 is 5.97 Å². The van der Waals surface area contributed by atoms with Crippen LogP contribution in [0.5, 0.6) is 0 Å². The minimum Gasteiger partial charge on any atom is -0.462 e. The molecule has 2 aromatic rings. The fourth-order valence-corrected chi connectivity index (χ4v) is 4.26. The van der Waals surface area contributed by atoms with E-state index in [0.29, 0.717) is 23.7 Å². The molecule has 6 nitrogen and oxygen atoms in total. The van der Waals surface area contributed by atoms with Crippen molar-refractivity contribution in [1.82, 2.24) is 9.47 Å². The van der Waals surface area contributed by atoms with Crippen molar-refractivity contribution < 1.29 is 14.3 Å². The summed E-state index contributed by atoms with van der Waals surface area (Å²) in [6, 6.07) is 6.14. The average Bonchev–Trinajstić information content (AvgIpc) is 3.24. The third-order valence-electron chi connectivity index (χ3n) is 4.70. The van der Waals surface area contributed by atoms with E-state index in [9.17, 15) is 9.59 Å². The minimum atomic E-state index is -0.386. The summed E-state index contributed by atoms with van der Waals surface area (Å²) >= 11 is 1.44. The van der Waals surface area contributed by atoms with E-state index in [1.165, 1.54) is 17.0 Å². The number of anilines is 1. The highest BCUT2D eigenvalue weighted by Gasteiger charge is 2.26. The highest BCUT2D eigenvalue weighted by Crippen LogP contribution is 2.30. The zero-order chi connectivity index (χ0) is 18.7. The Hall–Kier alpha value is -2.12. The van der Waals surface area contributed by atoms with Gasteiger partial charge in [-0.3, -0.25) is 9.69 Å². The van der Waals surface area contributed by atoms with Crippen molar-refractivity contribution in [1.29, 1.82) is 0 Å². The summed E-state index contributed by atoms with van der Waals surface area (Å²) in [7, 11) is 0. The third kappa shape index (κ3) is 3.83. The van der Waals surface area contributed by atoms with Gasteiger partial charge < -0.3 is 14.6 Å². The van der Waals surface area contributed by atoms with Crippen LogP contribution in [0.15, 0.2) is 24.4 Å². The molecule has 1 aliphatic rings. The Bertz CT molecular complexity index is 796. The number of amides is 1. The number of thiophene rings is 1. The summed E-state index contributed by atoms with van der Waals surface area (Å²) in [5.41, 5.74) is 1.67. The van der Waals surface area contributed by atoms with Crippen LogP contribution in [0.25, 0.3) is 0 Å². The Morgan fingerprint density at radius 3 is 2.88 bits per heavy atom. The second kappa shape index (κ2) is 8.05. The molecule has 3 heterocycles. The summed E-state index contributed by atoms with van der Waals surface area (Å²) in [5.74, 6) is -0.491. The number of hydrogen-bond donors (Lipinski definition) is 1. The summed E-state index contributed by atoms with van der Waals surface area (Å²) in [4.78, 5) is 28.0. The van der Waals surface area contributed by atoms with E-state index in [2.05, 4.69) is 34.0 Å². The van der Waals surface area contributed by atoms with Crippen LogP contribution in [0.3, 0.4) is 0 Å². The van der Waals surface area contributed by atoms with E-state index < -0.39 is 0 Å². The Morgan fingerprint density at radius 2 is 2.15 bits per heavy atom. The molecule has 1 amide bonds. The fraction of sp³-hybridized carbons (Fsp3) is 0.474. The number of esters is 1. The van der Waals surface area contributed by atoms with Crippen LogP contribution in [0.1, 0.15) is 47.7 Å². The molecule has 0 fully saturated rings. The lowest BCUT2D eigenvalue weighted by Crippen LogP contribution is -2.41. The Kier molecular flexibility index (Phi) is 5.78. The van der Waals surface area contributed by atoms with E-state index in [-0.39, 0.29) is 17.9 Å². The zero-order valence-electron chi connectivity index (χ0n) is 15.4. The molecule has 0 unspecified atom stereocenters. The number of nitrogens with one attached hydrogen (secondary N) is 1. The van der Waals surface area contributed by atoms with Crippen LogP contribution in [-0.4, -0.2) is 41.0 Å². The first-order valence-corrected chi connectivity index (χ1v) is 9.83. The Labute approximate surface area is 157 Å². The van der Waals surface area contributed by atoms with E-state index in [1.54, 1.807) is 6.92 Å². The molecule has 1 N–H and O–H groups in total. The van der Waals surface area contributed by atoms with Crippen molar-refractivity contribution in [3.05, 3.63) is 40.5 Å². The number of aromatic nitrogens is 1. The van der Waals surface area contributed by atoms with Gasteiger partial charge in [0, 0.05) is 35.9 Å². The van der Waals surface area contributed by atoms with Gasteiger partial charge in [-0.05, 0) is 38.5 Å². The van der Waals surface area contributed by atoms with Gasteiger partial charge in [-0.1, -0.05) is 6.92 Å². The smallest absolute Gasteiger partial charge is 0.341 e. The number of hydrogen-bond acceptors (Lipinski definition) is 5. The maximum Gasteiger partial charge on any atom is 0.341 e. The lowest BCUT2D eigenvalue weighted by molar-refractivity contribution is -0.118. The van der Waals surface area contributed by atoms with Gasteiger partial charge in [-0.15, -0.1) is 11.3 Å². The predicted molar refractivity (Wildman–Crippen MR) is 103 cm³/mol. The molecule has 26 heavy (non-hydrogen) atoms. The lowest BCUT2D eigenvalue weighted by Gasteiger charge is -2.34. The molecule has 0 saturated heterocycles. The first-order chi connectivity index (χ1) is 12.5. The molecule has 3 rings (SSSR count). The molecule has 1 atom stereocenters. The van der Waals surface area contributed by atoms with Gasteiger partial charge in [-0.2, -0.15) is 0 Å². The first-order valence-electron chi connectivity index (χ1n) is 9.02.